The van der Waals surface area contributed by atoms with Crippen molar-refractivity contribution in [2.24, 2.45) is 0 Å². The monoisotopic (exact) mass is 449 g/mol. The second-order valence-corrected chi connectivity index (χ2v) is 8.07. The van der Waals surface area contributed by atoms with Crippen molar-refractivity contribution in [3.05, 3.63) is 40.3 Å². The number of likely N-dealkylation sites (tertiary alicyclic amines) is 1. The van der Waals surface area contributed by atoms with Gasteiger partial charge in [-0.05, 0) is 37.8 Å². The maximum Gasteiger partial charge on any atom is 0.410 e. The van der Waals surface area contributed by atoms with Crippen LogP contribution in [0.3, 0.4) is 0 Å². The average Bonchev–Trinajstić information content (AvgIpc) is 3.29. The Hall–Kier alpha value is -2.02. The van der Waals surface area contributed by atoms with Gasteiger partial charge in [-0.3, -0.25) is 4.90 Å². The van der Waals surface area contributed by atoms with Crippen LogP contribution in [0, 0.1) is 0 Å². The van der Waals surface area contributed by atoms with Crippen molar-refractivity contribution < 1.29 is 14.7 Å². The van der Waals surface area contributed by atoms with Crippen molar-refractivity contribution in [1.29, 1.82) is 0 Å². The fraction of sp³-hybridized carbons (Fsp3) is 0.524. The topological polar surface area (TPSA) is 67.6 Å². The van der Waals surface area contributed by atoms with Crippen LogP contribution in [0.1, 0.15) is 63.5 Å². The zero-order valence-corrected chi connectivity index (χ0v) is 18.1. The number of benzene rings is 1. The number of carbonyl (C=O) groups is 1. The molecule has 1 aliphatic heterocycles. The van der Waals surface area contributed by atoms with E-state index in [1.165, 1.54) is 4.73 Å². The lowest BCUT2D eigenvalue weighted by molar-refractivity contribution is 0.0879. The van der Waals surface area contributed by atoms with Crippen LogP contribution in [0.2, 0.25) is 0 Å². The van der Waals surface area contributed by atoms with E-state index in [1.807, 2.05) is 24.3 Å². The Morgan fingerprint density at radius 3 is 2.71 bits per heavy atom. The molecule has 1 amide bonds. The zero-order valence-electron chi connectivity index (χ0n) is 16.5. The molecule has 0 radical (unpaired) electrons. The fourth-order valence-corrected chi connectivity index (χ4v) is 3.89. The van der Waals surface area contributed by atoms with E-state index in [4.69, 9.17) is 9.72 Å². The SMILES string of the molecule is CCCCOC(=O)N1CCCC1c1nc(-c2ccc(Br)cc2)c(CCC)n1O. The third-order valence-electron chi connectivity index (χ3n) is 5.09. The van der Waals surface area contributed by atoms with Crippen LogP contribution in [0.25, 0.3) is 11.3 Å². The van der Waals surface area contributed by atoms with Crippen LogP contribution in [0.15, 0.2) is 28.7 Å². The number of unbranched alkanes of at least 4 members (excludes halogenated alkanes) is 1. The Morgan fingerprint density at radius 1 is 1.29 bits per heavy atom. The minimum atomic E-state index is -0.318. The molecule has 152 valence electrons. The summed E-state index contributed by atoms with van der Waals surface area (Å²) in [5, 5.41) is 10.9. The Morgan fingerprint density at radius 2 is 2.04 bits per heavy atom. The molecule has 1 atom stereocenters. The predicted molar refractivity (Wildman–Crippen MR) is 111 cm³/mol. The number of rotatable bonds is 7. The first-order chi connectivity index (χ1) is 13.6. The maximum absolute atomic E-state index is 12.5. The smallest absolute Gasteiger partial charge is 0.410 e. The van der Waals surface area contributed by atoms with Crippen LogP contribution < -0.4 is 0 Å². The summed E-state index contributed by atoms with van der Waals surface area (Å²) in [6, 6.07) is 7.64. The van der Waals surface area contributed by atoms with E-state index in [2.05, 4.69) is 29.8 Å². The standard InChI is InChI=1S/C21H28BrN3O3/c1-3-5-14-28-21(26)24-13-6-8-18(24)20-23-19(17(7-4-2)25(20)27)15-9-11-16(22)12-10-15/h9-12,18,27H,3-8,13-14H2,1-2H3. The molecular formula is C21H28BrN3O3. The summed E-state index contributed by atoms with van der Waals surface area (Å²) in [4.78, 5) is 19.0. The minimum absolute atomic E-state index is 0.265. The highest BCUT2D eigenvalue weighted by Gasteiger charge is 2.36. The van der Waals surface area contributed by atoms with Gasteiger partial charge in [0.2, 0.25) is 0 Å². The number of aromatic nitrogens is 2. The third kappa shape index (κ3) is 4.35. The molecule has 2 heterocycles. The molecule has 0 spiro atoms. The lowest BCUT2D eigenvalue weighted by Crippen LogP contribution is -2.32. The van der Waals surface area contributed by atoms with Gasteiger partial charge in [0.15, 0.2) is 5.82 Å². The molecular weight excluding hydrogens is 422 g/mol. The van der Waals surface area contributed by atoms with E-state index in [0.29, 0.717) is 25.4 Å². The molecule has 1 fully saturated rings. The van der Waals surface area contributed by atoms with Gasteiger partial charge in [0.25, 0.3) is 0 Å². The quantitative estimate of drug-likeness (QED) is 0.442. The summed E-state index contributed by atoms with van der Waals surface area (Å²) in [7, 11) is 0. The molecule has 0 saturated carbocycles. The van der Waals surface area contributed by atoms with E-state index in [0.717, 1.165) is 53.5 Å². The van der Waals surface area contributed by atoms with Gasteiger partial charge >= 0.3 is 6.09 Å². The highest BCUT2D eigenvalue weighted by molar-refractivity contribution is 9.10. The molecule has 6 nitrogen and oxygen atoms in total. The van der Waals surface area contributed by atoms with Crippen molar-refractivity contribution in [3.8, 4) is 11.3 Å². The molecule has 1 N–H and O–H groups in total. The number of nitrogens with zero attached hydrogens (tertiary/aromatic N) is 3. The van der Waals surface area contributed by atoms with E-state index >= 15 is 0 Å². The fourth-order valence-electron chi connectivity index (χ4n) is 3.62. The van der Waals surface area contributed by atoms with Crippen molar-refractivity contribution in [3.63, 3.8) is 0 Å². The lowest BCUT2D eigenvalue weighted by Gasteiger charge is -2.23. The van der Waals surface area contributed by atoms with Gasteiger partial charge in [0.1, 0.15) is 0 Å². The van der Waals surface area contributed by atoms with Crippen LogP contribution >= 0.6 is 15.9 Å². The normalized spacial score (nSPS) is 16.5. The molecule has 1 unspecified atom stereocenters. The molecule has 2 aromatic rings. The Bertz CT molecular complexity index is 804. The highest BCUT2D eigenvalue weighted by atomic mass is 79.9. The number of hydrogen-bond acceptors (Lipinski definition) is 4. The first kappa shape index (κ1) is 20.7. The second-order valence-electron chi connectivity index (χ2n) is 7.15. The zero-order chi connectivity index (χ0) is 20.1. The van der Waals surface area contributed by atoms with E-state index < -0.39 is 0 Å². The Labute approximate surface area is 174 Å². The molecule has 1 aromatic heterocycles. The van der Waals surface area contributed by atoms with Gasteiger partial charge in [-0.15, -0.1) is 0 Å². The number of hydrogen-bond donors (Lipinski definition) is 1. The molecule has 0 aliphatic carbocycles. The predicted octanol–water partition coefficient (Wildman–Crippen LogP) is 5.58. The first-order valence-electron chi connectivity index (χ1n) is 10.1. The second kappa shape index (κ2) is 9.45. The summed E-state index contributed by atoms with van der Waals surface area (Å²) < 4.78 is 7.60. The van der Waals surface area contributed by atoms with Gasteiger partial charge < -0.3 is 9.94 Å². The number of halogens is 1. The van der Waals surface area contributed by atoms with E-state index in [-0.39, 0.29) is 12.1 Å². The Balaban J connectivity index is 1.91. The molecule has 1 aliphatic rings. The molecule has 7 heteroatoms. The summed E-state index contributed by atoms with van der Waals surface area (Å²) in [6.45, 7) is 5.19. The molecule has 1 aromatic carbocycles. The van der Waals surface area contributed by atoms with Gasteiger partial charge in [-0.1, -0.05) is 54.8 Å². The summed E-state index contributed by atoms with van der Waals surface area (Å²) >= 11 is 3.46. The van der Waals surface area contributed by atoms with Crippen LogP contribution in [0.5, 0.6) is 0 Å². The Kier molecular flexibility index (Phi) is 6.99. The van der Waals surface area contributed by atoms with Gasteiger partial charge in [0.05, 0.1) is 24.0 Å². The van der Waals surface area contributed by atoms with E-state index in [1.54, 1.807) is 4.90 Å². The highest BCUT2D eigenvalue weighted by Crippen LogP contribution is 2.35. The van der Waals surface area contributed by atoms with Gasteiger partial charge in [-0.2, -0.15) is 4.73 Å². The number of ether oxygens (including phenoxy) is 1. The summed E-state index contributed by atoms with van der Waals surface area (Å²) in [5.41, 5.74) is 2.51. The minimum Gasteiger partial charge on any atom is -0.449 e. The van der Waals surface area contributed by atoms with Crippen molar-refractivity contribution >= 4 is 22.0 Å². The van der Waals surface area contributed by atoms with Gasteiger partial charge in [-0.25, -0.2) is 9.78 Å². The summed E-state index contributed by atoms with van der Waals surface area (Å²) in [5.74, 6) is 0.520. The molecule has 3 rings (SSSR count). The van der Waals surface area contributed by atoms with Crippen LogP contribution in [0.4, 0.5) is 4.79 Å². The maximum atomic E-state index is 12.5. The van der Waals surface area contributed by atoms with Gasteiger partial charge in [0, 0.05) is 16.6 Å². The molecule has 1 saturated heterocycles. The third-order valence-corrected chi connectivity index (χ3v) is 5.61. The van der Waals surface area contributed by atoms with Crippen molar-refractivity contribution in [1.82, 2.24) is 14.6 Å². The van der Waals surface area contributed by atoms with Crippen LogP contribution in [-0.4, -0.2) is 39.1 Å². The molecule has 0 bridgehead atoms. The summed E-state index contributed by atoms with van der Waals surface area (Å²) in [6.07, 6.45) is 4.76. The first-order valence-corrected chi connectivity index (χ1v) is 10.9. The van der Waals surface area contributed by atoms with Crippen molar-refractivity contribution in [2.75, 3.05) is 13.2 Å². The number of imidazole rings is 1. The average molecular weight is 450 g/mol. The largest absolute Gasteiger partial charge is 0.449 e. The van der Waals surface area contributed by atoms with Crippen LogP contribution in [-0.2, 0) is 11.2 Å². The number of amides is 1. The van der Waals surface area contributed by atoms with Crippen molar-refractivity contribution in [2.45, 2.75) is 58.4 Å². The molecule has 28 heavy (non-hydrogen) atoms. The number of carbonyl (C=O) groups excluding carboxylic acids is 1. The van der Waals surface area contributed by atoms with E-state index in [9.17, 15) is 10.0 Å². The lowest BCUT2D eigenvalue weighted by atomic mass is 10.1.